The lowest BCUT2D eigenvalue weighted by atomic mass is 9.98. The Morgan fingerprint density at radius 1 is 0.209 bits per heavy atom. The Labute approximate surface area is 389 Å². The number of fused-ring (bicyclic) bond motifs is 3. The highest BCUT2D eigenvalue weighted by Crippen LogP contribution is 2.36. The number of aromatic nitrogens is 4. The molecule has 12 aromatic rings. The highest BCUT2D eigenvalue weighted by molar-refractivity contribution is 6.09. The molecule has 67 heavy (non-hydrogen) atoms. The maximum Gasteiger partial charge on any atom is 0.164 e. The number of benzene rings is 10. The molecule has 2 heterocycles. The molecule has 0 bridgehead atoms. The van der Waals surface area contributed by atoms with Gasteiger partial charge < -0.3 is 4.57 Å². The fraction of sp³-hybridized carbons (Fsp3) is 0. The minimum absolute atomic E-state index is 0.611. The van der Waals surface area contributed by atoms with E-state index >= 15 is 0 Å². The van der Waals surface area contributed by atoms with E-state index in [1.807, 2.05) is 0 Å². The van der Waals surface area contributed by atoms with Gasteiger partial charge in [0.05, 0.1) is 11.0 Å². The van der Waals surface area contributed by atoms with Gasteiger partial charge in [-0.15, -0.1) is 0 Å². The summed E-state index contributed by atoms with van der Waals surface area (Å²) in [5.41, 5.74) is 17.7. The predicted octanol–water partition coefficient (Wildman–Crippen LogP) is 16.3. The zero-order valence-electron chi connectivity index (χ0n) is 36.5. The molecule has 4 nitrogen and oxygen atoms in total. The van der Waals surface area contributed by atoms with Crippen molar-refractivity contribution in [2.45, 2.75) is 0 Å². The average Bonchev–Trinajstić information content (AvgIpc) is 3.76. The van der Waals surface area contributed by atoms with Gasteiger partial charge in [-0.3, -0.25) is 0 Å². The molecule has 0 atom stereocenters. The van der Waals surface area contributed by atoms with E-state index in [9.17, 15) is 0 Å². The SMILES string of the molecule is c1ccc(-c2cccc(-c3ccc(-c4nc(-c5ccc(-c6cccc(-c7ccccc7)c6)cc5)nc(-c5cccc(-c6cccc(-n7c8ccccc8c8ccccc87)c6)c5)n4)cc3)c2)cc1. The van der Waals surface area contributed by atoms with Gasteiger partial charge in [0.2, 0.25) is 0 Å². The van der Waals surface area contributed by atoms with Crippen LogP contribution in [0.5, 0.6) is 0 Å². The average molecular weight is 855 g/mol. The Bertz CT molecular complexity index is 3530. The van der Waals surface area contributed by atoms with Crippen LogP contribution in [0.4, 0.5) is 0 Å². The van der Waals surface area contributed by atoms with Crippen LogP contribution in [-0.2, 0) is 0 Å². The van der Waals surface area contributed by atoms with Gasteiger partial charge in [0.25, 0.3) is 0 Å². The third kappa shape index (κ3) is 7.77. The Morgan fingerprint density at radius 3 is 0.970 bits per heavy atom. The quantitative estimate of drug-likeness (QED) is 0.145. The van der Waals surface area contributed by atoms with Gasteiger partial charge in [-0.1, -0.05) is 212 Å². The molecule has 0 saturated heterocycles. The van der Waals surface area contributed by atoms with E-state index in [4.69, 9.17) is 15.0 Å². The van der Waals surface area contributed by atoms with Crippen LogP contribution in [-0.4, -0.2) is 19.5 Å². The molecule has 0 aliphatic heterocycles. The van der Waals surface area contributed by atoms with Crippen LogP contribution in [0.3, 0.4) is 0 Å². The van der Waals surface area contributed by atoms with Gasteiger partial charge in [0, 0.05) is 33.2 Å². The number of para-hydroxylation sites is 2. The molecule has 0 N–H and O–H groups in total. The van der Waals surface area contributed by atoms with Crippen molar-refractivity contribution in [3.8, 4) is 95.5 Å². The third-order valence-corrected chi connectivity index (χ3v) is 12.7. The number of hydrogen-bond donors (Lipinski definition) is 0. The van der Waals surface area contributed by atoms with Gasteiger partial charge >= 0.3 is 0 Å². The van der Waals surface area contributed by atoms with Crippen molar-refractivity contribution < 1.29 is 0 Å². The topological polar surface area (TPSA) is 43.6 Å². The maximum absolute atomic E-state index is 5.19. The summed E-state index contributed by atoms with van der Waals surface area (Å²) < 4.78 is 2.36. The number of rotatable bonds is 9. The van der Waals surface area contributed by atoms with Gasteiger partial charge in [-0.05, 0) is 98.1 Å². The second-order valence-electron chi connectivity index (χ2n) is 16.9. The van der Waals surface area contributed by atoms with E-state index in [-0.39, 0.29) is 0 Å². The van der Waals surface area contributed by atoms with E-state index < -0.39 is 0 Å². The minimum atomic E-state index is 0.611. The van der Waals surface area contributed by atoms with Gasteiger partial charge in [-0.2, -0.15) is 0 Å². The van der Waals surface area contributed by atoms with Crippen molar-refractivity contribution in [3.05, 3.63) is 255 Å². The molecule has 314 valence electrons. The molecule has 12 rings (SSSR count). The van der Waals surface area contributed by atoms with E-state index in [2.05, 4.69) is 259 Å². The monoisotopic (exact) mass is 854 g/mol. The fourth-order valence-electron chi connectivity index (χ4n) is 9.27. The Kier molecular flexibility index (Phi) is 10.2. The summed E-state index contributed by atoms with van der Waals surface area (Å²) in [4.78, 5) is 15.5. The molecule has 10 aromatic carbocycles. The zero-order chi connectivity index (χ0) is 44.5. The fourth-order valence-corrected chi connectivity index (χ4v) is 9.27. The third-order valence-electron chi connectivity index (χ3n) is 12.7. The first-order valence-corrected chi connectivity index (χ1v) is 22.7. The van der Waals surface area contributed by atoms with E-state index in [0.29, 0.717) is 17.5 Å². The molecule has 0 fully saturated rings. The normalized spacial score (nSPS) is 11.3. The van der Waals surface area contributed by atoms with E-state index in [1.54, 1.807) is 0 Å². The van der Waals surface area contributed by atoms with Crippen molar-refractivity contribution in [2.24, 2.45) is 0 Å². The first-order valence-electron chi connectivity index (χ1n) is 22.7. The summed E-state index contributed by atoms with van der Waals surface area (Å²) in [5, 5.41) is 2.48. The molecule has 0 spiro atoms. The second kappa shape index (κ2) is 17.2. The van der Waals surface area contributed by atoms with Crippen LogP contribution in [0.15, 0.2) is 255 Å². The molecule has 0 saturated carbocycles. The lowest BCUT2D eigenvalue weighted by Gasteiger charge is -2.12. The summed E-state index contributed by atoms with van der Waals surface area (Å²) >= 11 is 0. The summed E-state index contributed by atoms with van der Waals surface area (Å²) in [5.74, 6) is 1.84. The molecule has 2 aromatic heterocycles. The van der Waals surface area contributed by atoms with Crippen molar-refractivity contribution in [1.29, 1.82) is 0 Å². The maximum atomic E-state index is 5.19. The van der Waals surface area contributed by atoms with Gasteiger partial charge in [0.1, 0.15) is 0 Å². The van der Waals surface area contributed by atoms with Crippen LogP contribution >= 0.6 is 0 Å². The molecule has 0 aliphatic rings. The second-order valence-corrected chi connectivity index (χ2v) is 16.9. The standard InChI is InChI=1S/C63H42N4/c1-3-15-43(16-4-1)49-19-11-21-51(39-49)45-31-35-47(36-32-45)61-64-62(48-37-33-46(34-38-48)52-22-12-20-50(40-52)44-17-5-2-6-18-44)66-63(65-61)55-25-13-23-53(41-55)54-24-14-26-56(42-54)67-59-29-9-7-27-57(59)58-28-8-10-30-60(58)67/h1-42H. The van der Waals surface area contributed by atoms with Crippen molar-refractivity contribution in [1.82, 2.24) is 19.5 Å². The Balaban J connectivity index is 0.926. The van der Waals surface area contributed by atoms with E-state index in [1.165, 1.54) is 44.1 Å². The smallest absolute Gasteiger partial charge is 0.164 e. The van der Waals surface area contributed by atoms with Crippen LogP contribution in [0, 0.1) is 0 Å². The summed E-state index contributed by atoms with van der Waals surface area (Å²) in [6.45, 7) is 0. The van der Waals surface area contributed by atoms with Crippen molar-refractivity contribution in [2.75, 3.05) is 0 Å². The Morgan fingerprint density at radius 2 is 0.507 bits per heavy atom. The van der Waals surface area contributed by atoms with Crippen LogP contribution in [0.1, 0.15) is 0 Å². The first kappa shape index (κ1) is 39.6. The lowest BCUT2D eigenvalue weighted by molar-refractivity contribution is 1.07. The number of hydrogen-bond acceptors (Lipinski definition) is 3. The van der Waals surface area contributed by atoms with E-state index in [0.717, 1.165) is 55.8 Å². The van der Waals surface area contributed by atoms with Crippen LogP contribution < -0.4 is 0 Å². The first-order chi connectivity index (χ1) is 33.2. The minimum Gasteiger partial charge on any atom is -0.309 e. The molecule has 0 radical (unpaired) electrons. The highest BCUT2D eigenvalue weighted by atomic mass is 15.0. The number of nitrogens with zero attached hydrogens (tertiary/aromatic N) is 4. The Hall–Kier alpha value is -8.99. The van der Waals surface area contributed by atoms with Crippen LogP contribution in [0.25, 0.3) is 117 Å². The molecule has 0 unspecified atom stereocenters. The summed E-state index contributed by atoms with van der Waals surface area (Å²) in [7, 11) is 0. The molecule has 0 aliphatic carbocycles. The summed E-state index contributed by atoms with van der Waals surface area (Å²) in [6.07, 6.45) is 0. The molecular formula is C63H42N4. The highest BCUT2D eigenvalue weighted by Gasteiger charge is 2.16. The predicted molar refractivity (Wildman–Crippen MR) is 278 cm³/mol. The zero-order valence-corrected chi connectivity index (χ0v) is 36.5. The van der Waals surface area contributed by atoms with Crippen LogP contribution in [0.2, 0.25) is 0 Å². The molecule has 0 amide bonds. The molecule has 4 heteroatoms. The van der Waals surface area contributed by atoms with Crippen molar-refractivity contribution in [3.63, 3.8) is 0 Å². The summed E-state index contributed by atoms with van der Waals surface area (Å²) in [6, 6.07) is 90.1. The van der Waals surface area contributed by atoms with Gasteiger partial charge in [-0.25, -0.2) is 15.0 Å². The van der Waals surface area contributed by atoms with Gasteiger partial charge in [0.15, 0.2) is 17.5 Å². The largest absolute Gasteiger partial charge is 0.309 e. The van der Waals surface area contributed by atoms with Crippen molar-refractivity contribution >= 4 is 21.8 Å². The molecular weight excluding hydrogens is 813 g/mol. The lowest BCUT2D eigenvalue weighted by Crippen LogP contribution is -2.00.